The molecule has 2 aromatic rings. The molecular formula is C9H5F3N2S. The molecule has 0 unspecified atom stereocenters. The van der Waals surface area contributed by atoms with Crippen molar-refractivity contribution in [1.29, 1.82) is 0 Å². The van der Waals surface area contributed by atoms with Crippen molar-refractivity contribution in [1.82, 2.24) is 4.98 Å². The normalized spacial score (nSPS) is 10.6. The molecule has 0 saturated heterocycles. The quantitative estimate of drug-likeness (QED) is 0.765. The van der Waals surface area contributed by atoms with Crippen molar-refractivity contribution >= 4 is 16.5 Å². The number of halogens is 3. The second-order valence-electron chi connectivity index (χ2n) is 2.79. The first kappa shape index (κ1) is 9.97. The molecule has 0 fully saturated rings. The van der Waals surface area contributed by atoms with Crippen molar-refractivity contribution < 1.29 is 13.2 Å². The molecule has 0 radical (unpaired) electrons. The Morgan fingerprint density at radius 2 is 1.80 bits per heavy atom. The number of aromatic nitrogens is 1. The molecule has 78 valence electrons. The summed E-state index contributed by atoms with van der Waals surface area (Å²) in [4.78, 5) is 3.69. The third kappa shape index (κ3) is 1.68. The number of rotatable bonds is 1. The Morgan fingerprint density at radius 1 is 1.13 bits per heavy atom. The van der Waals surface area contributed by atoms with Crippen LogP contribution in [0.25, 0.3) is 11.3 Å². The zero-order valence-corrected chi connectivity index (χ0v) is 8.12. The fourth-order valence-electron chi connectivity index (χ4n) is 1.16. The molecule has 0 bridgehead atoms. The summed E-state index contributed by atoms with van der Waals surface area (Å²) in [6, 6.07) is 1.58. The molecule has 0 atom stereocenters. The summed E-state index contributed by atoms with van der Waals surface area (Å²) in [6.07, 6.45) is 0. The van der Waals surface area contributed by atoms with E-state index in [1.54, 1.807) is 0 Å². The van der Waals surface area contributed by atoms with Crippen molar-refractivity contribution in [3.05, 3.63) is 35.0 Å². The maximum absolute atomic E-state index is 13.3. The molecule has 15 heavy (non-hydrogen) atoms. The van der Waals surface area contributed by atoms with Gasteiger partial charge in [-0.05, 0) is 12.1 Å². The zero-order chi connectivity index (χ0) is 11.0. The van der Waals surface area contributed by atoms with Gasteiger partial charge in [0.15, 0.2) is 16.8 Å². The fraction of sp³-hybridized carbons (Fsp3) is 0. The first-order chi connectivity index (χ1) is 7.09. The van der Waals surface area contributed by atoms with Gasteiger partial charge in [-0.25, -0.2) is 18.2 Å². The molecule has 0 aliphatic rings. The minimum atomic E-state index is -1.25. The number of nitrogens with zero attached hydrogens (tertiary/aromatic N) is 1. The van der Waals surface area contributed by atoms with Crippen LogP contribution in [0.3, 0.4) is 0 Å². The van der Waals surface area contributed by atoms with Crippen LogP contribution in [0, 0.1) is 17.5 Å². The third-order valence-electron chi connectivity index (χ3n) is 1.82. The second kappa shape index (κ2) is 3.54. The number of hydrogen-bond donors (Lipinski definition) is 1. The lowest BCUT2D eigenvalue weighted by atomic mass is 10.1. The van der Waals surface area contributed by atoms with Crippen LogP contribution >= 0.6 is 11.3 Å². The molecule has 0 amide bonds. The van der Waals surface area contributed by atoms with E-state index < -0.39 is 23.0 Å². The van der Waals surface area contributed by atoms with Crippen molar-refractivity contribution in [2.24, 2.45) is 0 Å². The molecule has 0 aliphatic carbocycles. The molecule has 1 heterocycles. The molecule has 0 aliphatic heterocycles. The van der Waals surface area contributed by atoms with E-state index >= 15 is 0 Å². The minimum absolute atomic E-state index is 0.00648. The van der Waals surface area contributed by atoms with Gasteiger partial charge in [0.1, 0.15) is 5.82 Å². The number of thiazole rings is 1. The summed E-state index contributed by atoms with van der Waals surface area (Å²) in [7, 11) is 0. The molecule has 1 aromatic heterocycles. The van der Waals surface area contributed by atoms with Crippen LogP contribution in [0.4, 0.5) is 18.3 Å². The number of benzene rings is 1. The van der Waals surface area contributed by atoms with E-state index in [1.807, 2.05) is 0 Å². The minimum Gasteiger partial charge on any atom is -0.375 e. The van der Waals surface area contributed by atoms with E-state index in [9.17, 15) is 13.2 Å². The summed E-state index contributed by atoms with van der Waals surface area (Å²) in [6.45, 7) is 0. The van der Waals surface area contributed by atoms with Gasteiger partial charge in [0.25, 0.3) is 0 Å². The van der Waals surface area contributed by atoms with Crippen LogP contribution in [-0.4, -0.2) is 4.98 Å². The Labute approximate surface area is 87.2 Å². The van der Waals surface area contributed by atoms with Crippen LogP contribution in [0.5, 0.6) is 0 Å². The molecule has 2 rings (SSSR count). The molecule has 2 nitrogen and oxygen atoms in total. The number of hydrogen-bond acceptors (Lipinski definition) is 3. The maximum atomic E-state index is 13.3. The van der Waals surface area contributed by atoms with Crippen molar-refractivity contribution in [3.8, 4) is 11.3 Å². The number of nitrogens with two attached hydrogens (primary N) is 1. The summed E-state index contributed by atoms with van der Waals surface area (Å²) in [5.74, 6) is -3.22. The topological polar surface area (TPSA) is 38.9 Å². The average molecular weight is 230 g/mol. The lowest BCUT2D eigenvalue weighted by molar-refractivity contribution is 0.498. The van der Waals surface area contributed by atoms with Crippen molar-refractivity contribution in [2.45, 2.75) is 0 Å². The number of nitrogen functional groups attached to an aromatic ring is 1. The van der Waals surface area contributed by atoms with Gasteiger partial charge in [-0.15, -0.1) is 11.3 Å². The van der Waals surface area contributed by atoms with Gasteiger partial charge in [-0.2, -0.15) is 0 Å². The average Bonchev–Trinajstić information content (AvgIpc) is 2.59. The van der Waals surface area contributed by atoms with Gasteiger partial charge in [-0.1, -0.05) is 0 Å². The highest BCUT2D eigenvalue weighted by molar-refractivity contribution is 7.13. The fourth-order valence-corrected chi connectivity index (χ4v) is 1.72. The Hall–Kier alpha value is -1.56. The highest BCUT2D eigenvalue weighted by atomic mass is 32.1. The smallest absolute Gasteiger partial charge is 0.180 e. The first-order valence-corrected chi connectivity index (χ1v) is 4.82. The summed E-state index contributed by atoms with van der Waals surface area (Å²) >= 11 is 1.03. The maximum Gasteiger partial charge on any atom is 0.180 e. The van der Waals surface area contributed by atoms with Crippen LogP contribution in [0.2, 0.25) is 0 Å². The molecule has 2 N–H and O–H groups in total. The first-order valence-electron chi connectivity index (χ1n) is 3.94. The van der Waals surface area contributed by atoms with Gasteiger partial charge >= 0.3 is 0 Å². The number of anilines is 1. The lowest BCUT2D eigenvalue weighted by Gasteiger charge is -2.01. The van der Waals surface area contributed by atoms with Gasteiger partial charge in [0.05, 0.1) is 11.3 Å². The monoisotopic (exact) mass is 230 g/mol. The second-order valence-corrected chi connectivity index (χ2v) is 3.68. The van der Waals surface area contributed by atoms with E-state index in [2.05, 4.69) is 4.98 Å². The van der Waals surface area contributed by atoms with E-state index in [0.717, 1.165) is 23.5 Å². The predicted octanol–water partition coefficient (Wildman–Crippen LogP) is 2.81. The van der Waals surface area contributed by atoms with Crippen LogP contribution in [-0.2, 0) is 0 Å². The highest BCUT2D eigenvalue weighted by Gasteiger charge is 2.17. The summed E-state index contributed by atoms with van der Waals surface area (Å²) in [5.41, 5.74) is 4.85. The Balaban J connectivity index is 2.66. The summed E-state index contributed by atoms with van der Waals surface area (Å²) in [5, 5.41) is 1.55. The zero-order valence-electron chi connectivity index (χ0n) is 7.30. The highest BCUT2D eigenvalue weighted by Crippen LogP contribution is 2.29. The Kier molecular flexibility index (Phi) is 2.36. The van der Waals surface area contributed by atoms with Crippen LogP contribution in [0.1, 0.15) is 0 Å². The Morgan fingerprint density at radius 3 is 2.40 bits per heavy atom. The molecule has 0 spiro atoms. The lowest BCUT2D eigenvalue weighted by Crippen LogP contribution is -1.94. The van der Waals surface area contributed by atoms with Crippen molar-refractivity contribution in [3.63, 3.8) is 0 Å². The molecular weight excluding hydrogens is 225 g/mol. The predicted molar refractivity (Wildman–Crippen MR) is 51.8 cm³/mol. The third-order valence-corrected chi connectivity index (χ3v) is 2.50. The SMILES string of the molecule is Nc1nc(-c2c(F)ccc(F)c2F)cs1. The van der Waals surface area contributed by atoms with Gasteiger partial charge in [-0.3, -0.25) is 0 Å². The van der Waals surface area contributed by atoms with E-state index in [-0.39, 0.29) is 10.8 Å². The summed E-state index contributed by atoms with van der Waals surface area (Å²) < 4.78 is 39.4. The Bertz CT molecular complexity index is 510. The largest absolute Gasteiger partial charge is 0.375 e. The van der Waals surface area contributed by atoms with Gasteiger partial charge in [0.2, 0.25) is 0 Å². The van der Waals surface area contributed by atoms with Gasteiger partial charge in [0, 0.05) is 5.38 Å². The molecule has 0 saturated carbocycles. The van der Waals surface area contributed by atoms with Crippen molar-refractivity contribution in [2.75, 3.05) is 5.73 Å². The molecule has 1 aromatic carbocycles. The van der Waals surface area contributed by atoms with Crippen LogP contribution in [0.15, 0.2) is 17.5 Å². The molecule has 6 heteroatoms. The van der Waals surface area contributed by atoms with Crippen LogP contribution < -0.4 is 5.73 Å². The van der Waals surface area contributed by atoms with E-state index in [0.29, 0.717) is 0 Å². The van der Waals surface area contributed by atoms with Gasteiger partial charge < -0.3 is 5.73 Å². The standard InChI is InChI=1S/C9H5F3N2S/c10-4-1-2-5(11)8(12)7(4)6-3-15-9(13)14-6/h1-3H,(H2,13,14). The van der Waals surface area contributed by atoms with E-state index in [4.69, 9.17) is 5.73 Å². The van der Waals surface area contributed by atoms with E-state index in [1.165, 1.54) is 5.38 Å².